The second-order valence-electron chi connectivity index (χ2n) is 14.9. The number of hydrogen-bond donors (Lipinski definition) is 0. The number of aromatic nitrogens is 1. The SMILES string of the molecule is CC1(C)c2ccccc2-c2ccc(N(c3ccccc3-c3ccccc3)c3cc4c5ccccc5oc4c4c3c3ccccc3n4-c3ccccc3)cc21. The second kappa shape index (κ2) is 11.6. The molecule has 1 aliphatic rings. The van der Waals surface area contributed by atoms with E-state index < -0.39 is 0 Å². The molecule has 54 heavy (non-hydrogen) atoms. The van der Waals surface area contributed by atoms with Gasteiger partial charge in [-0.3, -0.25) is 0 Å². The zero-order chi connectivity index (χ0) is 36.0. The van der Waals surface area contributed by atoms with E-state index in [4.69, 9.17) is 4.42 Å². The lowest BCUT2D eigenvalue weighted by atomic mass is 9.82. The van der Waals surface area contributed by atoms with Crippen molar-refractivity contribution in [1.29, 1.82) is 0 Å². The molecule has 10 aromatic rings. The molecule has 1 aliphatic carbocycles. The number of para-hydroxylation sites is 4. The number of nitrogens with zero attached hydrogens (tertiary/aromatic N) is 2. The molecule has 2 aromatic heterocycles. The maximum Gasteiger partial charge on any atom is 0.160 e. The Hall–Kier alpha value is -6.84. The van der Waals surface area contributed by atoms with E-state index in [1.807, 2.05) is 0 Å². The predicted octanol–water partition coefficient (Wildman–Crippen LogP) is 14.1. The number of fused-ring (bicyclic) bond motifs is 10. The summed E-state index contributed by atoms with van der Waals surface area (Å²) in [4.78, 5) is 2.51. The van der Waals surface area contributed by atoms with Crippen LogP contribution >= 0.6 is 0 Å². The van der Waals surface area contributed by atoms with E-state index in [-0.39, 0.29) is 5.41 Å². The van der Waals surface area contributed by atoms with Gasteiger partial charge in [0.05, 0.1) is 22.4 Å². The first-order valence-corrected chi connectivity index (χ1v) is 18.7. The van der Waals surface area contributed by atoms with Crippen molar-refractivity contribution in [3.05, 3.63) is 193 Å². The Balaban J connectivity index is 1.31. The van der Waals surface area contributed by atoms with Crippen molar-refractivity contribution in [2.75, 3.05) is 4.90 Å². The largest absolute Gasteiger partial charge is 0.454 e. The van der Waals surface area contributed by atoms with Crippen molar-refractivity contribution in [3.63, 3.8) is 0 Å². The minimum Gasteiger partial charge on any atom is -0.454 e. The van der Waals surface area contributed by atoms with Gasteiger partial charge in [-0.2, -0.15) is 0 Å². The van der Waals surface area contributed by atoms with E-state index in [0.717, 1.165) is 61.1 Å². The van der Waals surface area contributed by atoms with Crippen LogP contribution in [-0.4, -0.2) is 4.57 Å². The van der Waals surface area contributed by atoms with Crippen LogP contribution in [0.25, 0.3) is 71.7 Å². The maximum atomic E-state index is 6.88. The molecule has 11 rings (SSSR count). The summed E-state index contributed by atoms with van der Waals surface area (Å²) in [7, 11) is 0. The van der Waals surface area contributed by atoms with Gasteiger partial charge in [0.2, 0.25) is 0 Å². The first kappa shape index (κ1) is 30.8. The van der Waals surface area contributed by atoms with Gasteiger partial charge < -0.3 is 13.9 Å². The molecule has 2 heterocycles. The molecular formula is C51H36N2O. The third kappa shape index (κ3) is 4.36. The molecule has 0 spiro atoms. The summed E-state index contributed by atoms with van der Waals surface area (Å²) in [6.07, 6.45) is 0. The van der Waals surface area contributed by atoms with E-state index in [0.29, 0.717) is 0 Å². The van der Waals surface area contributed by atoms with Crippen LogP contribution in [0.4, 0.5) is 17.1 Å². The van der Waals surface area contributed by atoms with Crippen molar-refractivity contribution in [1.82, 2.24) is 4.57 Å². The highest BCUT2D eigenvalue weighted by atomic mass is 16.3. The number of rotatable bonds is 5. The van der Waals surface area contributed by atoms with Crippen LogP contribution in [0.2, 0.25) is 0 Å². The highest BCUT2D eigenvalue weighted by Gasteiger charge is 2.36. The van der Waals surface area contributed by atoms with Crippen molar-refractivity contribution in [2.24, 2.45) is 0 Å². The quantitative estimate of drug-likeness (QED) is 0.179. The molecule has 0 aliphatic heterocycles. The lowest BCUT2D eigenvalue weighted by Crippen LogP contribution is -2.17. The van der Waals surface area contributed by atoms with Crippen molar-refractivity contribution in [3.8, 4) is 27.9 Å². The molecule has 8 aromatic carbocycles. The van der Waals surface area contributed by atoms with Crippen LogP contribution < -0.4 is 4.90 Å². The monoisotopic (exact) mass is 692 g/mol. The van der Waals surface area contributed by atoms with E-state index in [1.165, 1.54) is 38.8 Å². The molecule has 0 bridgehead atoms. The molecule has 0 amide bonds. The summed E-state index contributed by atoms with van der Waals surface area (Å²) >= 11 is 0. The maximum absolute atomic E-state index is 6.88. The first-order valence-electron chi connectivity index (χ1n) is 18.7. The van der Waals surface area contributed by atoms with Gasteiger partial charge in [0.25, 0.3) is 0 Å². The fraction of sp³-hybridized carbons (Fsp3) is 0.0588. The summed E-state index contributed by atoms with van der Waals surface area (Å²) in [6, 6.07) is 65.9. The fourth-order valence-corrected chi connectivity index (χ4v) is 9.10. The van der Waals surface area contributed by atoms with Crippen LogP contribution in [0.15, 0.2) is 186 Å². The zero-order valence-corrected chi connectivity index (χ0v) is 30.1. The van der Waals surface area contributed by atoms with Gasteiger partial charge in [0.15, 0.2) is 5.58 Å². The molecule has 0 radical (unpaired) electrons. The summed E-state index contributed by atoms with van der Waals surface area (Å²) < 4.78 is 9.27. The Morgan fingerprint density at radius 2 is 1.15 bits per heavy atom. The second-order valence-corrected chi connectivity index (χ2v) is 14.9. The van der Waals surface area contributed by atoms with Gasteiger partial charge >= 0.3 is 0 Å². The third-order valence-corrected chi connectivity index (χ3v) is 11.6. The van der Waals surface area contributed by atoms with Crippen LogP contribution in [0.3, 0.4) is 0 Å². The zero-order valence-electron chi connectivity index (χ0n) is 30.1. The van der Waals surface area contributed by atoms with Crippen molar-refractivity contribution in [2.45, 2.75) is 19.3 Å². The van der Waals surface area contributed by atoms with Gasteiger partial charge in [-0.25, -0.2) is 0 Å². The number of furan rings is 1. The van der Waals surface area contributed by atoms with Crippen molar-refractivity contribution < 1.29 is 4.42 Å². The Morgan fingerprint density at radius 3 is 1.98 bits per heavy atom. The van der Waals surface area contributed by atoms with E-state index in [9.17, 15) is 0 Å². The van der Waals surface area contributed by atoms with E-state index >= 15 is 0 Å². The van der Waals surface area contributed by atoms with Crippen molar-refractivity contribution >= 4 is 60.8 Å². The van der Waals surface area contributed by atoms with E-state index in [2.05, 4.69) is 205 Å². The predicted molar refractivity (Wildman–Crippen MR) is 226 cm³/mol. The molecule has 0 saturated heterocycles. The van der Waals surface area contributed by atoms with Gasteiger partial charge in [-0.1, -0.05) is 147 Å². The average molecular weight is 693 g/mol. The molecule has 0 N–H and O–H groups in total. The number of anilines is 3. The molecule has 256 valence electrons. The van der Waals surface area contributed by atoms with Crippen LogP contribution in [0.5, 0.6) is 0 Å². The highest BCUT2D eigenvalue weighted by Crippen LogP contribution is 2.53. The number of hydrogen-bond acceptors (Lipinski definition) is 2. The Bertz CT molecular complexity index is 3080. The molecule has 0 atom stereocenters. The summed E-state index contributed by atoms with van der Waals surface area (Å²) in [5.74, 6) is 0. The Morgan fingerprint density at radius 1 is 0.500 bits per heavy atom. The Kier molecular flexibility index (Phi) is 6.60. The van der Waals surface area contributed by atoms with Crippen LogP contribution in [-0.2, 0) is 5.41 Å². The first-order chi connectivity index (χ1) is 26.6. The molecule has 0 fully saturated rings. The van der Waals surface area contributed by atoms with Crippen LogP contribution in [0.1, 0.15) is 25.0 Å². The van der Waals surface area contributed by atoms with Gasteiger partial charge in [-0.05, 0) is 76.3 Å². The molecule has 0 unspecified atom stereocenters. The standard InChI is InChI=1S/C51H36N2O/c1-51(2)42-25-13-9-22-37(42)38-30-29-35(31-43(38)51)52(44-26-14-10-21-36(44)33-17-5-3-6-18-33)46-32-41-39-23-12-16-28-47(39)54-50(41)49-48(46)40-24-11-15-27-45(40)53(49)34-19-7-4-8-20-34/h3-32H,1-2H3. The molecule has 0 saturated carbocycles. The van der Waals surface area contributed by atoms with Gasteiger partial charge in [0, 0.05) is 43.9 Å². The lowest BCUT2D eigenvalue weighted by molar-refractivity contribution is 0.660. The van der Waals surface area contributed by atoms with E-state index in [1.54, 1.807) is 0 Å². The summed E-state index contributed by atoms with van der Waals surface area (Å²) in [5.41, 5.74) is 15.9. The minimum absolute atomic E-state index is 0.157. The molecular weight excluding hydrogens is 657 g/mol. The van der Waals surface area contributed by atoms with Gasteiger partial charge in [0.1, 0.15) is 5.58 Å². The molecule has 3 nitrogen and oxygen atoms in total. The minimum atomic E-state index is -0.157. The number of benzene rings is 8. The van der Waals surface area contributed by atoms with Crippen LogP contribution in [0, 0.1) is 0 Å². The summed E-state index contributed by atoms with van der Waals surface area (Å²) in [5, 5.41) is 4.50. The normalized spacial score (nSPS) is 13.1. The fourth-order valence-electron chi connectivity index (χ4n) is 9.10. The lowest BCUT2D eigenvalue weighted by Gasteiger charge is -2.30. The molecule has 3 heteroatoms. The third-order valence-electron chi connectivity index (χ3n) is 11.6. The van der Waals surface area contributed by atoms with Gasteiger partial charge in [-0.15, -0.1) is 0 Å². The smallest absolute Gasteiger partial charge is 0.160 e. The summed E-state index contributed by atoms with van der Waals surface area (Å²) in [6.45, 7) is 4.72. The Labute approximate surface area is 314 Å². The topological polar surface area (TPSA) is 21.3 Å². The highest BCUT2D eigenvalue weighted by molar-refractivity contribution is 6.27. The average Bonchev–Trinajstić information content (AvgIpc) is 3.85.